The first-order chi connectivity index (χ1) is 9.52. The van der Waals surface area contributed by atoms with E-state index >= 15 is 0 Å². The number of hydrazine groups is 1. The van der Waals surface area contributed by atoms with Crippen molar-refractivity contribution in [3.05, 3.63) is 28.8 Å². The van der Waals surface area contributed by atoms with Crippen LogP contribution < -0.4 is 16.0 Å². The molecule has 21 heavy (non-hydrogen) atoms. The van der Waals surface area contributed by atoms with Gasteiger partial charge in [0.1, 0.15) is 5.75 Å². The molecule has 0 saturated carbocycles. The second-order valence-electron chi connectivity index (χ2n) is 4.10. The number of ether oxygens (including phenoxy) is 1. The zero-order valence-electron chi connectivity index (χ0n) is 10.5. The number of rotatable bonds is 4. The number of nitrogens with one attached hydrogen (secondary N) is 1. The van der Waals surface area contributed by atoms with Crippen LogP contribution in [0.25, 0.3) is 0 Å². The van der Waals surface area contributed by atoms with Crippen molar-refractivity contribution < 1.29 is 31.1 Å². The maximum Gasteiger partial charge on any atom is 0.402 e. The lowest BCUT2D eigenvalue weighted by molar-refractivity contribution is -0.292. The van der Waals surface area contributed by atoms with E-state index in [-0.39, 0.29) is 16.3 Å². The van der Waals surface area contributed by atoms with E-state index in [9.17, 15) is 26.3 Å². The van der Waals surface area contributed by atoms with Crippen molar-refractivity contribution in [1.29, 1.82) is 0 Å². The zero-order valence-corrected chi connectivity index (χ0v) is 11.3. The Morgan fingerprint density at radius 1 is 1.14 bits per heavy atom. The molecule has 0 amide bonds. The smallest absolute Gasteiger partial charge is 0.402 e. The highest BCUT2D eigenvalue weighted by Crippen LogP contribution is 2.46. The summed E-state index contributed by atoms with van der Waals surface area (Å²) in [5, 5.41) is 0.0487. The molecular formula is C11H11ClF6N2O. The minimum atomic E-state index is -5.53. The molecule has 120 valence electrons. The summed E-state index contributed by atoms with van der Waals surface area (Å²) >= 11 is 5.68. The summed E-state index contributed by atoms with van der Waals surface area (Å²) in [5.74, 6) is 1.18. The van der Waals surface area contributed by atoms with Crippen molar-refractivity contribution in [2.75, 3.05) is 7.11 Å². The molecule has 1 unspecified atom stereocenters. The third-order valence-corrected chi connectivity index (χ3v) is 3.06. The van der Waals surface area contributed by atoms with Gasteiger partial charge in [-0.1, -0.05) is 17.7 Å². The van der Waals surface area contributed by atoms with E-state index in [1.807, 2.05) is 0 Å². The molecule has 0 aromatic heterocycles. The van der Waals surface area contributed by atoms with Gasteiger partial charge in [0.2, 0.25) is 0 Å². The fourth-order valence-corrected chi connectivity index (χ4v) is 2.01. The molecule has 1 rings (SSSR count). The number of halogens is 7. The van der Waals surface area contributed by atoms with E-state index in [0.29, 0.717) is 0 Å². The van der Waals surface area contributed by atoms with Crippen molar-refractivity contribution in [3.63, 3.8) is 0 Å². The summed E-state index contributed by atoms with van der Waals surface area (Å²) in [6.45, 7) is 0. The lowest BCUT2D eigenvalue weighted by atomic mass is 9.92. The molecule has 10 heteroatoms. The summed E-state index contributed by atoms with van der Waals surface area (Å²) in [4.78, 5) is 0. The van der Waals surface area contributed by atoms with Crippen LogP contribution in [0.2, 0.25) is 5.02 Å². The molecule has 1 aromatic rings. The Morgan fingerprint density at radius 3 is 2.05 bits per heavy atom. The Kier molecular flexibility index (Phi) is 5.35. The largest absolute Gasteiger partial charge is 0.495 e. The number of alkyl halides is 6. The highest BCUT2D eigenvalue weighted by atomic mass is 35.5. The number of methoxy groups -OCH3 is 1. The van der Waals surface area contributed by atoms with Gasteiger partial charge >= 0.3 is 12.4 Å². The molecular weight excluding hydrogens is 326 g/mol. The summed E-state index contributed by atoms with van der Waals surface area (Å²) in [6.07, 6.45) is -11.1. The third kappa shape index (κ3) is 4.14. The monoisotopic (exact) mass is 336 g/mol. The van der Waals surface area contributed by atoms with Crippen LogP contribution in [0.4, 0.5) is 26.3 Å². The summed E-state index contributed by atoms with van der Waals surface area (Å²) in [5.41, 5.74) is 1.21. The van der Waals surface area contributed by atoms with E-state index in [1.54, 1.807) is 5.43 Å². The quantitative estimate of drug-likeness (QED) is 0.502. The van der Waals surface area contributed by atoms with Crippen molar-refractivity contribution in [3.8, 4) is 5.75 Å². The van der Waals surface area contributed by atoms with Gasteiger partial charge in [0, 0.05) is 0 Å². The van der Waals surface area contributed by atoms with Gasteiger partial charge in [-0.3, -0.25) is 11.3 Å². The van der Waals surface area contributed by atoms with Gasteiger partial charge < -0.3 is 4.74 Å². The number of hydrogen-bond donors (Lipinski definition) is 2. The predicted octanol–water partition coefficient (Wildman–Crippen LogP) is 3.59. The lowest BCUT2D eigenvalue weighted by Gasteiger charge is -2.30. The van der Waals surface area contributed by atoms with E-state index in [0.717, 1.165) is 18.2 Å². The standard InChI is InChI=1S/C11H11ClF6N2O/c1-21-7-4-5(2-3-6(7)12)8(20-19)9(10(13,14)15)11(16,17)18/h2-4,8-9,20H,19H2,1H3. The molecule has 0 aliphatic rings. The topological polar surface area (TPSA) is 47.3 Å². The molecule has 0 bridgehead atoms. The van der Waals surface area contributed by atoms with Crippen LogP contribution in [0.15, 0.2) is 18.2 Å². The predicted molar refractivity (Wildman–Crippen MR) is 63.7 cm³/mol. The lowest BCUT2D eigenvalue weighted by Crippen LogP contribution is -2.47. The molecule has 0 heterocycles. The number of hydrogen-bond acceptors (Lipinski definition) is 3. The average Bonchev–Trinajstić information content (AvgIpc) is 2.33. The molecule has 0 aliphatic heterocycles. The van der Waals surface area contributed by atoms with Gasteiger partial charge in [0.05, 0.1) is 18.2 Å². The molecule has 3 nitrogen and oxygen atoms in total. The summed E-state index contributed by atoms with van der Waals surface area (Å²) < 4.78 is 81.1. The Hall–Kier alpha value is -1.19. The third-order valence-electron chi connectivity index (χ3n) is 2.75. The van der Waals surface area contributed by atoms with Gasteiger partial charge in [-0.15, -0.1) is 0 Å². The SMILES string of the molecule is COc1cc(C(NN)C(C(F)(F)F)C(F)(F)F)ccc1Cl. The van der Waals surface area contributed by atoms with Crippen molar-refractivity contribution >= 4 is 11.6 Å². The highest BCUT2D eigenvalue weighted by Gasteiger charge is 2.60. The minimum absolute atomic E-state index is 0.0487. The summed E-state index contributed by atoms with van der Waals surface area (Å²) in [7, 11) is 1.18. The normalized spacial score (nSPS) is 14.4. The number of benzene rings is 1. The van der Waals surface area contributed by atoms with Crippen molar-refractivity contribution in [2.45, 2.75) is 18.4 Å². The first-order valence-corrected chi connectivity index (χ1v) is 5.83. The van der Waals surface area contributed by atoms with Gasteiger partial charge in [-0.2, -0.15) is 26.3 Å². The van der Waals surface area contributed by atoms with E-state index in [1.165, 1.54) is 7.11 Å². The van der Waals surface area contributed by atoms with Crippen LogP contribution in [0.3, 0.4) is 0 Å². The van der Waals surface area contributed by atoms with E-state index in [4.69, 9.17) is 22.2 Å². The first-order valence-electron chi connectivity index (χ1n) is 5.45. The van der Waals surface area contributed by atoms with E-state index in [2.05, 4.69) is 0 Å². The van der Waals surface area contributed by atoms with Crippen LogP contribution in [-0.4, -0.2) is 19.5 Å². The molecule has 3 N–H and O–H groups in total. The van der Waals surface area contributed by atoms with Crippen molar-refractivity contribution in [1.82, 2.24) is 5.43 Å². The molecule has 1 atom stereocenters. The van der Waals surface area contributed by atoms with Gasteiger partial charge in [0.25, 0.3) is 0 Å². The fourth-order valence-electron chi connectivity index (χ4n) is 1.82. The maximum absolute atomic E-state index is 12.7. The van der Waals surface area contributed by atoms with Crippen LogP contribution in [-0.2, 0) is 0 Å². The Balaban J connectivity index is 3.33. The van der Waals surface area contributed by atoms with Crippen LogP contribution >= 0.6 is 11.6 Å². The van der Waals surface area contributed by atoms with Crippen LogP contribution in [0.1, 0.15) is 11.6 Å². The maximum atomic E-state index is 12.7. The Morgan fingerprint density at radius 2 is 1.67 bits per heavy atom. The second kappa shape index (κ2) is 6.29. The molecule has 0 radical (unpaired) electrons. The first kappa shape index (κ1) is 17.9. The molecule has 0 aliphatic carbocycles. The second-order valence-corrected chi connectivity index (χ2v) is 4.51. The fraction of sp³-hybridized carbons (Fsp3) is 0.455. The number of nitrogens with two attached hydrogens (primary N) is 1. The van der Waals surface area contributed by atoms with Gasteiger partial charge in [-0.05, 0) is 17.7 Å². The average molecular weight is 337 g/mol. The van der Waals surface area contributed by atoms with Gasteiger partial charge in [-0.25, -0.2) is 0 Å². The Labute approximate surface area is 121 Å². The van der Waals surface area contributed by atoms with Crippen LogP contribution in [0, 0.1) is 5.92 Å². The van der Waals surface area contributed by atoms with Crippen molar-refractivity contribution in [2.24, 2.45) is 11.8 Å². The van der Waals surface area contributed by atoms with E-state index < -0.39 is 24.3 Å². The molecule has 1 aromatic carbocycles. The highest BCUT2D eigenvalue weighted by molar-refractivity contribution is 6.32. The molecule has 0 spiro atoms. The van der Waals surface area contributed by atoms with Crippen LogP contribution in [0.5, 0.6) is 5.75 Å². The minimum Gasteiger partial charge on any atom is -0.495 e. The molecule has 0 saturated heterocycles. The molecule has 0 fully saturated rings. The summed E-state index contributed by atoms with van der Waals surface area (Å²) in [6, 6.07) is 0.886. The van der Waals surface area contributed by atoms with Gasteiger partial charge in [0.15, 0.2) is 5.92 Å². The zero-order chi connectivity index (χ0) is 16.4. The Bertz CT molecular complexity index is 477.